The number of anilines is 2. The molecule has 124 valence electrons. The molecule has 0 aliphatic rings. The van der Waals surface area contributed by atoms with E-state index in [1.807, 2.05) is 12.1 Å². The van der Waals surface area contributed by atoms with Crippen molar-refractivity contribution in [3.63, 3.8) is 0 Å². The van der Waals surface area contributed by atoms with Crippen molar-refractivity contribution in [3.8, 4) is 10.6 Å². The number of nitrogens with two attached hydrogens (primary N) is 1. The Bertz CT molecular complexity index is 840. The molecule has 0 saturated heterocycles. The van der Waals surface area contributed by atoms with Gasteiger partial charge in [-0.15, -0.1) is 22.7 Å². The Labute approximate surface area is 149 Å². The van der Waals surface area contributed by atoms with Gasteiger partial charge in [-0.2, -0.15) is 5.10 Å². The summed E-state index contributed by atoms with van der Waals surface area (Å²) in [6.45, 7) is 6.53. The molecule has 2 heterocycles. The second-order valence-corrected chi connectivity index (χ2v) is 8.07. The van der Waals surface area contributed by atoms with Crippen molar-refractivity contribution in [3.05, 3.63) is 46.3 Å². The minimum Gasteiger partial charge on any atom is -0.383 e. The molecule has 0 amide bonds. The van der Waals surface area contributed by atoms with Crippen molar-refractivity contribution in [1.29, 1.82) is 0 Å². The lowest BCUT2D eigenvalue weighted by Gasteiger charge is -2.14. The fourth-order valence-corrected chi connectivity index (χ4v) is 3.56. The molecule has 3 N–H and O–H groups in total. The Kier molecular flexibility index (Phi) is 4.64. The van der Waals surface area contributed by atoms with E-state index in [-0.39, 0.29) is 5.41 Å². The normalized spacial score (nSPS) is 12.0. The van der Waals surface area contributed by atoms with Crippen molar-refractivity contribution < 1.29 is 0 Å². The van der Waals surface area contributed by atoms with E-state index in [4.69, 9.17) is 10.7 Å². The summed E-state index contributed by atoms with van der Waals surface area (Å²) < 4.78 is 0. The molecule has 1 aromatic carbocycles. The maximum absolute atomic E-state index is 5.56. The van der Waals surface area contributed by atoms with Crippen LogP contribution in [0, 0.1) is 0 Å². The number of hydrogen-bond donors (Lipinski definition) is 2. The van der Waals surface area contributed by atoms with Gasteiger partial charge in [-0.1, -0.05) is 45.0 Å². The highest BCUT2D eigenvalue weighted by atomic mass is 32.1. The van der Waals surface area contributed by atoms with E-state index in [2.05, 4.69) is 53.8 Å². The fourth-order valence-electron chi connectivity index (χ4n) is 1.96. The third-order valence-corrected chi connectivity index (χ3v) is 4.98. The molecule has 3 rings (SSSR count). The lowest BCUT2D eigenvalue weighted by molar-refractivity contribution is 0.573. The molecule has 0 aliphatic carbocycles. The summed E-state index contributed by atoms with van der Waals surface area (Å²) in [5.74, 6) is 0.500. The van der Waals surface area contributed by atoms with Crippen LogP contribution in [0.3, 0.4) is 0 Å². The van der Waals surface area contributed by atoms with Crippen LogP contribution in [0.1, 0.15) is 32.0 Å². The van der Waals surface area contributed by atoms with Crippen molar-refractivity contribution in [1.82, 2.24) is 9.97 Å². The summed E-state index contributed by atoms with van der Waals surface area (Å²) in [6.07, 6.45) is 1.75. The second kappa shape index (κ2) is 6.70. The van der Waals surface area contributed by atoms with Crippen molar-refractivity contribution >= 4 is 39.8 Å². The number of hydrazone groups is 1. The molecule has 0 spiro atoms. The molecule has 0 saturated carbocycles. The summed E-state index contributed by atoms with van der Waals surface area (Å²) in [5, 5.41) is 9.79. The summed E-state index contributed by atoms with van der Waals surface area (Å²) in [5.41, 5.74) is 11.8. The number of aromatic nitrogens is 2. The van der Waals surface area contributed by atoms with Crippen LogP contribution in [-0.4, -0.2) is 16.2 Å². The summed E-state index contributed by atoms with van der Waals surface area (Å²) >= 11 is 3.10. The Morgan fingerprint density at radius 3 is 2.42 bits per heavy atom. The van der Waals surface area contributed by atoms with Gasteiger partial charge in [0.15, 0.2) is 0 Å². The van der Waals surface area contributed by atoms with Crippen LogP contribution >= 0.6 is 22.7 Å². The predicted molar refractivity (Wildman–Crippen MR) is 104 cm³/mol. The Hall–Kier alpha value is -2.25. The topological polar surface area (TPSA) is 76.2 Å². The van der Waals surface area contributed by atoms with E-state index in [1.165, 1.54) is 11.3 Å². The lowest BCUT2D eigenvalue weighted by atomic mass is 9.93. The molecular formula is C17H19N5S2. The monoisotopic (exact) mass is 357 g/mol. The zero-order chi connectivity index (χ0) is 17.2. The number of benzene rings is 1. The molecule has 0 aliphatic heterocycles. The number of nitrogens with one attached hydrogen (secondary N) is 1. The van der Waals surface area contributed by atoms with Gasteiger partial charge in [-0.3, -0.25) is 5.43 Å². The van der Waals surface area contributed by atoms with Crippen LogP contribution in [0.15, 0.2) is 40.1 Å². The van der Waals surface area contributed by atoms with E-state index in [0.717, 1.165) is 21.8 Å². The number of hydrogen-bond acceptors (Lipinski definition) is 7. The minimum absolute atomic E-state index is 0.0756. The first-order chi connectivity index (χ1) is 11.4. The summed E-state index contributed by atoms with van der Waals surface area (Å²) in [4.78, 5) is 8.82. The molecule has 5 nitrogen and oxygen atoms in total. The minimum atomic E-state index is 0.0756. The third kappa shape index (κ3) is 3.98. The lowest BCUT2D eigenvalue weighted by Crippen LogP contribution is -2.11. The van der Waals surface area contributed by atoms with Crippen LogP contribution in [0.5, 0.6) is 0 Å². The second-order valence-electron chi connectivity index (χ2n) is 6.36. The molecule has 24 heavy (non-hydrogen) atoms. The van der Waals surface area contributed by atoms with Crippen LogP contribution < -0.4 is 11.2 Å². The van der Waals surface area contributed by atoms with Crippen LogP contribution in [0.25, 0.3) is 10.6 Å². The number of nitrogen functional groups attached to an aromatic ring is 1. The Balaban J connectivity index is 1.68. The summed E-state index contributed by atoms with van der Waals surface area (Å²) in [6, 6.07) is 8.17. The first-order valence-electron chi connectivity index (χ1n) is 7.48. The molecule has 0 unspecified atom stereocenters. The van der Waals surface area contributed by atoms with Crippen LogP contribution in [0.4, 0.5) is 10.9 Å². The number of nitrogens with zero attached hydrogens (tertiary/aromatic N) is 3. The SMILES string of the molecule is CC(C)(C)c1csc(-c2ccc(C=NNc3nc(N)cs3)cc2)n1. The van der Waals surface area contributed by atoms with Crippen molar-refractivity contribution in [2.45, 2.75) is 26.2 Å². The van der Waals surface area contributed by atoms with Gasteiger partial charge in [0.1, 0.15) is 10.8 Å². The van der Waals surface area contributed by atoms with Gasteiger partial charge in [-0.05, 0) is 5.56 Å². The number of rotatable bonds is 4. The smallest absolute Gasteiger partial charge is 0.205 e. The van der Waals surface area contributed by atoms with E-state index < -0.39 is 0 Å². The fraction of sp³-hybridized carbons (Fsp3) is 0.235. The highest BCUT2D eigenvalue weighted by molar-refractivity contribution is 7.14. The summed E-state index contributed by atoms with van der Waals surface area (Å²) in [7, 11) is 0. The molecule has 0 fully saturated rings. The van der Waals surface area contributed by atoms with Gasteiger partial charge in [0.2, 0.25) is 5.13 Å². The number of thiazole rings is 2. The Morgan fingerprint density at radius 2 is 1.83 bits per heavy atom. The molecule has 0 radical (unpaired) electrons. The van der Waals surface area contributed by atoms with Crippen molar-refractivity contribution in [2.75, 3.05) is 11.2 Å². The van der Waals surface area contributed by atoms with Gasteiger partial charge in [0.25, 0.3) is 0 Å². The predicted octanol–water partition coefficient (Wildman–Crippen LogP) is 4.59. The first kappa shape index (κ1) is 16.6. The molecule has 2 aromatic heterocycles. The highest BCUT2D eigenvalue weighted by Gasteiger charge is 2.17. The average Bonchev–Trinajstić information content (AvgIpc) is 3.17. The van der Waals surface area contributed by atoms with E-state index in [0.29, 0.717) is 10.9 Å². The Morgan fingerprint density at radius 1 is 1.08 bits per heavy atom. The van der Waals surface area contributed by atoms with E-state index in [1.54, 1.807) is 22.9 Å². The van der Waals surface area contributed by atoms with E-state index >= 15 is 0 Å². The van der Waals surface area contributed by atoms with Crippen molar-refractivity contribution in [2.24, 2.45) is 5.10 Å². The van der Waals surface area contributed by atoms with E-state index in [9.17, 15) is 0 Å². The zero-order valence-corrected chi connectivity index (χ0v) is 15.4. The van der Waals surface area contributed by atoms with Gasteiger partial charge in [0, 0.05) is 21.7 Å². The van der Waals surface area contributed by atoms with Gasteiger partial charge in [0.05, 0.1) is 11.9 Å². The molecule has 0 bridgehead atoms. The third-order valence-electron chi connectivity index (χ3n) is 3.33. The molecule has 7 heteroatoms. The largest absolute Gasteiger partial charge is 0.383 e. The quantitative estimate of drug-likeness (QED) is 0.529. The van der Waals surface area contributed by atoms with Gasteiger partial charge >= 0.3 is 0 Å². The first-order valence-corrected chi connectivity index (χ1v) is 9.24. The maximum Gasteiger partial charge on any atom is 0.205 e. The highest BCUT2D eigenvalue weighted by Crippen LogP contribution is 2.29. The molecule has 3 aromatic rings. The van der Waals surface area contributed by atoms with Gasteiger partial charge < -0.3 is 5.73 Å². The van der Waals surface area contributed by atoms with Crippen LogP contribution in [0.2, 0.25) is 0 Å². The van der Waals surface area contributed by atoms with Gasteiger partial charge in [-0.25, -0.2) is 9.97 Å². The molecule has 0 atom stereocenters. The zero-order valence-electron chi connectivity index (χ0n) is 13.8. The maximum atomic E-state index is 5.56. The molecular weight excluding hydrogens is 338 g/mol. The average molecular weight is 358 g/mol. The van der Waals surface area contributed by atoms with Crippen LogP contribution in [-0.2, 0) is 5.41 Å². The standard InChI is InChI=1S/C17H19N5S2/c1-17(2,3)13-9-23-15(20-13)12-6-4-11(5-7-12)8-19-22-16-21-14(18)10-24-16/h4-10H,18H2,1-3H3,(H,21,22).